The molecule has 0 aliphatic carbocycles. The van der Waals surface area contributed by atoms with Gasteiger partial charge >= 0.3 is 0 Å². The second kappa shape index (κ2) is 15.8. The molecule has 0 heterocycles. The van der Waals surface area contributed by atoms with Gasteiger partial charge in [-0.25, -0.2) is 0 Å². The molecule has 0 aromatic carbocycles. The lowest BCUT2D eigenvalue weighted by molar-refractivity contribution is 0.0132. The van der Waals surface area contributed by atoms with Crippen molar-refractivity contribution in [3.63, 3.8) is 0 Å². The zero-order chi connectivity index (χ0) is 16.5. The van der Waals surface area contributed by atoms with Crippen LogP contribution in [0.5, 0.6) is 0 Å². The largest absolute Gasteiger partial charge is 0.396 e. The molecule has 0 aliphatic rings. The number of rotatable bonds is 17. The lowest BCUT2D eigenvalue weighted by Gasteiger charge is -2.26. The maximum atomic E-state index is 10.5. The molecule has 2 N–H and O–H groups in total. The molecular formula is C20H42O2. The number of hydrogen-bond acceptors (Lipinski definition) is 2. The third kappa shape index (κ3) is 13.6. The Bertz CT molecular complexity index is 218. The van der Waals surface area contributed by atoms with E-state index in [0.29, 0.717) is 0 Å². The molecule has 0 spiro atoms. The normalized spacial score (nSPS) is 14.2. The summed E-state index contributed by atoms with van der Waals surface area (Å²) in [5.74, 6) is 0. The SMILES string of the molecule is CCCCCCCCCCCCCC(O)(CC)CCCCO. The first-order valence-electron chi connectivity index (χ1n) is 10.0. The Hall–Kier alpha value is -0.0800. The highest BCUT2D eigenvalue weighted by Gasteiger charge is 2.22. The summed E-state index contributed by atoms with van der Waals surface area (Å²) in [5.41, 5.74) is -0.478. The molecule has 0 rings (SSSR count). The van der Waals surface area contributed by atoms with Crippen molar-refractivity contribution in [2.45, 2.75) is 122 Å². The van der Waals surface area contributed by atoms with Gasteiger partial charge in [0.25, 0.3) is 0 Å². The minimum Gasteiger partial charge on any atom is -0.396 e. The van der Waals surface area contributed by atoms with E-state index in [0.717, 1.165) is 38.5 Å². The van der Waals surface area contributed by atoms with Gasteiger partial charge in [0.2, 0.25) is 0 Å². The van der Waals surface area contributed by atoms with E-state index in [1.807, 2.05) is 0 Å². The number of hydrogen-bond donors (Lipinski definition) is 2. The predicted molar refractivity (Wildman–Crippen MR) is 97.3 cm³/mol. The zero-order valence-corrected chi connectivity index (χ0v) is 15.4. The van der Waals surface area contributed by atoms with Gasteiger partial charge in [-0.15, -0.1) is 0 Å². The Morgan fingerprint density at radius 2 is 1.00 bits per heavy atom. The van der Waals surface area contributed by atoms with Gasteiger partial charge in [0.1, 0.15) is 0 Å². The highest BCUT2D eigenvalue weighted by Crippen LogP contribution is 2.25. The lowest BCUT2D eigenvalue weighted by atomic mass is 9.88. The third-order valence-electron chi connectivity index (χ3n) is 4.95. The Morgan fingerprint density at radius 1 is 0.591 bits per heavy atom. The van der Waals surface area contributed by atoms with Crippen LogP contribution in [0.25, 0.3) is 0 Å². The molecule has 0 aromatic heterocycles. The average molecular weight is 315 g/mol. The summed E-state index contributed by atoms with van der Waals surface area (Å²) >= 11 is 0. The standard InChI is InChI=1S/C20H42O2/c1-3-5-6-7-8-9-10-11-12-13-14-17-20(22,4-2)18-15-16-19-21/h21-22H,3-19H2,1-2H3. The third-order valence-corrected chi connectivity index (χ3v) is 4.95. The van der Waals surface area contributed by atoms with Crippen LogP contribution in [0.2, 0.25) is 0 Å². The van der Waals surface area contributed by atoms with Gasteiger partial charge in [0.05, 0.1) is 5.60 Å². The number of aliphatic hydroxyl groups excluding tert-OH is 1. The van der Waals surface area contributed by atoms with Crippen LogP contribution in [0.4, 0.5) is 0 Å². The highest BCUT2D eigenvalue weighted by atomic mass is 16.3. The summed E-state index contributed by atoms with van der Waals surface area (Å²) in [6.45, 7) is 4.60. The molecule has 1 atom stereocenters. The van der Waals surface area contributed by atoms with E-state index in [1.54, 1.807) is 0 Å². The monoisotopic (exact) mass is 314 g/mol. The van der Waals surface area contributed by atoms with Gasteiger partial charge in [0, 0.05) is 6.61 Å². The zero-order valence-electron chi connectivity index (χ0n) is 15.4. The van der Waals surface area contributed by atoms with E-state index in [1.165, 1.54) is 64.2 Å². The molecule has 0 aromatic rings. The fourth-order valence-electron chi connectivity index (χ4n) is 3.16. The van der Waals surface area contributed by atoms with Crippen molar-refractivity contribution in [3.05, 3.63) is 0 Å². The first-order valence-corrected chi connectivity index (χ1v) is 10.0. The molecule has 1 unspecified atom stereocenters. The van der Waals surface area contributed by atoms with Gasteiger partial charge in [-0.05, 0) is 32.1 Å². The Morgan fingerprint density at radius 3 is 1.41 bits per heavy atom. The molecule has 0 bridgehead atoms. The van der Waals surface area contributed by atoms with Crippen LogP contribution in [0.1, 0.15) is 117 Å². The van der Waals surface area contributed by atoms with E-state index in [4.69, 9.17) is 5.11 Å². The Balaban J connectivity index is 3.39. The molecule has 134 valence electrons. The summed E-state index contributed by atoms with van der Waals surface area (Å²) in [4.78, 5) is 0. The van der Waals surface area contributed by atoms with Crippen molar-refractivity contribution in [1.29, 1.82) is 0 Å². The second-order valence-electron chi connectivity index (χ2n) is 7.04. The van der Waals surface area contributed by atoms with Crippen LogP contribution in [0, 0.1) is 0 Å². The molecule has 0 aliphatic heterocycles. The maximum Gasteiger partial charge on any atom is 0.0645 e. The van der Waals surface area contributed by atoms with Gasteiger partial charge < -0.3 is 10.2 Å². The molecule has 2 heteroatoms. The van der Waals surface area contributed by atoms with Crippen molar-refractivity contribution in [2.24, 2.45) is 0 Å². The summed E-state index contributed by atoms with van der Waals surface area (Å²) < 4.78 is 0. The van der Waals surface area contributed by atoms with Gasteiger partial charge in [-0.2, -0.15) is 0 Å². The van der Waals surface area contributed by atoms with E-state index < -0.39 is 5.60 Å². The van der Waals surface area contributed by atoms with Crippen molar-refractivity contribution in [2.75, 3.05) is 6.61 Å². The van der Waals surface area contributed by atoms with E-state index in [2.05, 4.69) is 13.8 Å². The molecule has 0 saturated heterocycles. The summed E-state index contributed by atoms with van der Waals surface area (Å²) in [5, 5.41) is 19.3. The molecule has 0 saturated carbocycles. The molecule has 22 heavy (non-hydrogen) atoms. The number of unbranched alkanes of at least 4 members (excludes halogenated alkanes) is 11. The average Bonchev–Trinajstić information content (AvgIpc) is 2.53. The van der Waals surface area contributed by atoms with Gasteiger partial charge in [-0.3, -0.25) is 0 Å². The van der Waals surface area contributed by atoms with Crippen LogP contribution in [0.15, 0.2) is 0 Å². The minimum absolute atomic E-state index is 0.248. The molecular weight excluding hydrogens is 272 g/mol. The molecule has 2 nitrogen and oxygen atoms in total. The van der Waals surface area contributed by atoms with E-state index >= 15 is 0 Å². The van der Waals surface area contributed by atoms with Crippen molar-refractivity contribution in [3.8, 4) is 0 Å². The van der Waals surface area contributed by atoms with Crippen LogP contribution in [0.3, 0.4) is 0 Å². The second-order valence-corrected chi connectivity index (χ2v) is 7.04. The van der Waals surface area contributed by atoms with Crippen molar-refractivity contribution < 1.29 is 10.2 Å². The van der Waals surface area contributed by atoms with Crippen LogP contribution in [-0.4, -0.2) is 22.4 Å². The van der Waals surface area contributed by atoms with Crippen molar-refractivity contribution in [1.82, 2.24) is 0 Å². The van der Waals surface area contributed by atoms with E-state index in [-0.39, 0.29) is 6.61 Å². The topological polar surface area (TPSA) is 40.5 Å². The molecule has 0 radical (unpaired) electrons. The predicted octanol–water partition coefficient (Wildman–Crippen LogP) is 5.99. The fourth-order valence-corrected chi connectivity index (χ4v) is 3.16. The van der Waals surface area contributed by atoms with E-state index in [9.17, 15) is 5.11 Å². The van der Waals surface area contributed by atoms with Crippen LogP contribution < -0.4 is 0 Å². The quantitative estimate of drug-likeness (QED) is 0.324. The summed E-state index contributed by atoms with van der Waals surface area (Å²) in [6, 6.07) is 0. The number of aliphatic hydroxyl groups is 2. The molecule has 0 fully saturated rings. The first kappa shape index (κ1) is 21.9. The summed E-state index contributed by atoms with van der Waals surface area (Å²) in [6.07, 6.45) is 19.3. The lowest BCUT2D eigenvalue weighted by Crippen LogP contribution is -2.27. The Kier molecular flexibility index (Phi) is 15.7. The van der Waals surface area contributed by atoms with Gasteiger partial charge in [0.15, 0.2) is 0 Å². The molecule has 0 amide bonds. The van der Waals surface area contributed by atoms with Crippen LogP contribution >= 0.6 is 0 Å². The summed E-state index contributed by atoms with van der Waals surface area (Å²) in [7, 11) is 0. The smallest absolute Gasteiger partial charge is 0.0645 e. The fraction of sp³-hybridized carbons (Fsp3) is 1.00. The highest BCUT2D eigenvalue weighted by molar-refractivity contribution is 4.76. The van der Waals surface area contributed by atoms with Crippen LogP contribution in [-0.2, 0) is 0 Å². The minimum atomic E-state index is -0.478. The first-order chi connectivity index (χ1) is 10.7. The maximum absolute atomic E-state index is 10.5. The Labute approximate surface area is 139 Å². The van der Waals surface area contributed by atoms with Gasteiger partial charge in [-0.1, -0.05) is 84.5 Å². The van der Waals surface area contributed by atoms with Crippen molar-refractivity contribution >= 4 is 0 Å².